The van der Waals surface area contributed by atoms with E-state index >= 15 is 0 Å². The average molecular weight is 254 g/mol. The van der Waals surface area contributed by atoms with Crippen molar-refractivity contribution in [1.29, 1.82) is 0 Å². The Morgan fingerprint density at radius 2 is 2.39 bits per heavy atom. The van der Waals surface area contributed by atoms with Gasteiger partial charge in [-0.3, -0.25) is 4.79 Å². The van der Waals surface area contributed by atoms with Gasteiger partial charge in [0.05, 0.1) is 12.7 Å². The molecule has 2 heterocycles. The Labute approximate surface area is 110 Å². The molecular formula is C14H26N2O2. The van der Waals surface area contributed by atoms with Crippen molar-refractivity contribution in [3.63, 3.8) is 0 Å². The monoisotopic (exact) mass is 254 g/mol. The van der Waals surface area contributed by atoms with Gasteiger partial charge in [0.1, 0.15) is 0 Å². The Balaban J connectivity index is 1.70. The maximum Gasteiger partial charge on any atom is 0.222 e. The van der Waals surface area contributed by atoms with Gasteiger partial charge in [-0.25, -0.2) is 0 Å². The summed E-state index contributed by atoms with van der Waals surface area (Å²) < 4.78 is 5.60. The molecule has 2 aliphatic heterocycles. The molecule has 4 nitrogen and oxygen atoms in total. The highest BCUT2D eigenvalue weighted by atomic mass is 16.5. The number of nitrogens with one attached hydrogen (secondary N) is 1. The Morgan fingerprint density at radius 1 is 1.50 bits per heavy atom. The van der Waals surface area contributed by atoms with E-state index in [9.17, 15) is 4.79 Å². The van der Waals surface area contributed by atoms with Crippen molar-refractivity contribution in [3.8, 4) is 0 Å². The molecule has 2 fully saturated rings. The van der Waals surface area contributed by atoms with Crippen LogP contribution in [0.2, 0.25) is 0 Å². The van der Waals surface area contributed by atoms with Crippen molar-refractivity contribution < 1.29 is 9.53 Å². The summed E-state index contributed by atoms with van der Waals surface area (Å²) in [7, 11) is 0. The number of piperidine rings is 1. The Morgan fingerprint density at radius 3 is 3.11 bits per heavy atom. The number of nitrogens with zero attached hydrogens (tertiary/aromatic N) is 1. The molecule has 0 aromatic heterocycles. The Kier molecular flexibility index (Phi) is 5.45. The zero-order valence-corrected chi connectivity index (χ0v) is 11.5. The summed E-state index contributed by atoms with van der Waals surface area (Å²) in [6, 6.07) is 0. The van der Waals surface area contributed by atoms with Crippen LogP contribution in [0.1, 0.15) is 39.0 Å². The standard InChI is InChI=1S/C14H26N2O2/c1-2-13-11-16(8-9-18-13)14(17)6-5-12-4-3-7-15-10-12/h12-13,15H,2-11H2,1H3. The second-order valence-corrected chi connectivity index (χ2v) is 5.49. The molecular weight excluding hydrogens is 228 g/mol. The fraction of sp³-hybridized carbons (Fsp3) is 0.929. The number of hydrogen-bond donors (Lipinski definition) is 1. The van der Waals surface area contributed by atoms with Gasteiger partial charge in [-0.05, 0) is 44.7 Å². The topological polar surface area (TPSA) is 41.6 Å². The van der Waals surface area contributed by atoms with E-state index in [1.54, 1.807) is 0 Å². The molecule has 1 amide bonds. The number of amides is 1. The molecule has 0 aromatic carbocycles. The number of carbonyl (C=O) groups is 1. The SMILES string of the molecule is CCC1CN(C(=O)CCC2CCCNC2)CCO1. The molecule has 0 aliphatic carbocycles. The zero-order chi connectivity index (χ0) is 12.8. The predicted octanol–water partition coefficient (Wildman–Crippen LogP) is 1.40. The van der Waals surface area contributed by atoms with Crippen molar-refractivity contribution in [3.05, 3.63) is 0 Å². The van der Waals surface area contributed by atoms with Crippen LogP contribution in [-0.4, -0.2) is 49.7 Å². The molecule has 0 bridgehead atoms. The summed E-state index contributed by atoms with van der Waals surface area (Å²) in [6.45, 7) is 6.62. The summed E-state index contributed by atoms with van der Waals surface area (Å²) in [5, 5.41) is 3.41. The van der Waals surface area contributed by atoms with Gasteiger partial charge in [0.2, 0.25) is 5.91 Å². The first kappa shape index (κ1) is 13.8. The van der Waals surface area contributed by atoms with Gasteiger partial charge in [-0.15, -0.1) is 0 Å². The smallest absolute Gasteiger partial charge is 0.222 e. The lowest BCUT2D eigenvalue weighted by atomic mass is 9.94. The van der Waals surface area contributed by atoms with Gasteiger partial charge in [-0.1, -0.05) is 6.92 Å². The molecule has 104 valence electrons. The van der Waals surface area contributed by atoms with Gasteiger partial charge in [0.15, 0.2) is 0 Å². The molecule has 0 radical (unpaired) electrons. The third-order valence-corrected chi connectivity index (χ3v) is 4.11. The minimum Gasteiger partial charge on any atom is -0.375 e. The average Bonchev–Trinajstić information content (AvgIpc) is 2.46. The van der Waals surface area contributed by atoms with Crippen molar-refractivity contribution in [2.24, 2.45) is 5.92 Å². The number of ether oxygens (including phenoxy) is 1. The first-order valence-electron chi connectivity index (χ1n) is 7.39. The van der Waals surface area contributed by atoms with Gasteiger partial charge in [0.25, 0.3) is 0 Å². The molecule has 2 atom stereocenters. The van der Waals surface area contributed by atoms with Crippen LogP contribution in [0.3, 0.4) is 0 Å². The summed E-state index contributed by atoms with van der Waals surface area (Å²) >= 11 is 0. The third-order valence-electron chi connectivity index (χ3n) is 4.11. The summed E-state index contributed by atoms with van der Waals surface area (Å²) in [6.07, 6.45) is 5.54. The molecule has 2 saturated heterocycles. The molecule has 0 aromatic rings. The van der Waals surface area contributed by atoms with E-state index in [-0.39, 0.29) is 6.10 Å². The highest BCUT2D eigenvalue weighted by Crippen LogP contribution is 2.17. The van der Waals surface area contributed by atoms with Crippen molar-refractivity contribution >= 4 is 5.91 Å². The fourth-order valence-corrected chi connectivity index (χ4v) is 2.85. The lowest BCUT2D eigenvalue weighted by Crippen LogP contribution is -2.45. The number of hydrogen-bond acceptors (Lipinski definition) is 3. The molecule has 0 spiro atoms. The van der Waals surface area contributed by atoms with Crippen molar-refractivity contribution in [2.75, 3.05) is 32.8 Å². The zero-order valence-electron chi connectivity index (χ0n) is 11.5. The predicted molar refractivity (Wildman–Crippen MR) is 71.4 cm³/mol. The van der Waals surface area contributed by atoms with Crippen LogP contribution < -0.4 is 5.32 Å². The van der Waals surface area contributed by atoms with Crippen LogP contribution in [0.25, 0.3) is 0 Å². The van der Waals surface area contributed by atoms with E-state index in [0.29, 0.717) is 24.9 Å². The summed E-state index contributed by atoms with van der Waals surface area (Å²) in [5.74, 6) is 1.02. The van der Waals surface area contributed by atoms with Gasteiger partial charge < -0.3 is 15.0 Å². The number of rotatable bonds is 4. The van der Waals surface area contributed by atoms with Crippen LogP contribution in [0.4, 0.5) is 0 Å². The largest absolute Gasteiger partial charge is 0.375 e. The fourth-order valence-electron chi connectivity index (χ4n) is 2.85. The molecule has 4 heteroatoms. The molecule has 2 rings (SSSR count). The van der Waals surface area contributed by atoms with E-state index in [2.05, 4.69) is 12.2 Å². The van der Waals surface area contributed by atoms with Gasteiger partial charge in [0, 0.05) is 19.5 Å². The minimum absolute atomic E-state index is 0.249. The number of carbonyl (C=O) groups excluding carboxylic acids is 1. The van der Waals surface area contributed by atoms with Crippen LogP contribution in [0, 0.1) is 5.92 Å². The van der Waals surface area contributed by atoms with E-state index < -0.39 is 0 Å². The summed E-state index contributed by atoms with van der Waals surface area (Å²) in [5.41, 5.74) is 0. The minimum atomic E-state index is 0.249. The van der Waals surface area contributed by atoms with Crippen LogP contribution in [0.15, 0.2) is 0 Å². The molecule has 2 aliphatic rings. The van der Waals surface area contributed by atoms with Crippen LogP contribution in [0.5, 0.6) is 0 Å². The van der Waals surface area contributed by atoms with Crippen molar-refractivity contribution in [1.82, 2.24) is 10.2 Å². The maximum absolute atomic E-state index is 12.2. The summed E-state index contributed by atoms with van der Waals surface area (Å²) in [4.78, 5) is 14.1. The van der Waals surface area contributed by atoms with Gasteiger partial charge in [-0.2, -0.15) is 0 Å². The molecule has 18 heavy (non-hydrogen) atoms. The van der Waals surface area contributed by atoms with Gasteiger partial charge >= 0.3 is 0 Å². The van der Waals surface area contributed by atoms with Crippen molar-refractivity contribution in [2.45, 2.75) is 45.1 Å². The van der Waals surface area contributed by atoms with Crippen LogP contribution in [-0.2, 0) is 9.53 Å². The Hall–Kier alpha value is -0.610. The van der Waals surface area contributed by atoms with E-state index in [1.165, 1.54) is 12.8 Å². The van der Waals surface area contributed by atoms with E-state index in [4.69, 9.17) is 4.74 Å². The maximum atomic E-state index is 12.2. The number of morpholine rings is 1. The highest BCUT2D eigenvalue weighted by molar-refractivity contribution is 5.76. The first-order chi connectivity index (χ1) is 8.79. The second kappa shape index (κ2) is 7.10. The van der Waals surface area contributed by atoms with E-state index in [1.807, 2.05) is 4.90 Å². The lowest BCUT2D eigenvalue weighted by molar-refractivity contribution is -0.139. The lowest BCUT2D eigenvalue weighted by Gasteiger charge is -2.33. The van der Waals surface area contributed by atoms with E-state index in [0.717, 1.165) is 39.0 Å². The molecule has 0 saturated carbocycles. The third kappa shape index (κ3) is 3.95. The Bertz CT molecular complexity index is 265. The molecule has 2 unspecified atom stereocenters. The quantitative estimate of drug-likeness (QED) is 0.824. The second-order valence-electron chi connectivity index (χ2n) is 5.49. The highest BCUT2D eigenvalue weighted by Gasteiger charge is 2.23. The first-order valence-corrected chi connectivity index (χ1v) is 7.39. The normalized spacial score (nSPS) is 29.3. The van der Waals surface area contributed by atoms with Crippen LogP contribution >= 0.6 is 0 Å². The molecule has 1 N–H and O–H groups in total.